The molecule has 0 heterocycles. The van der Waals surface area contributed by atoms with Gasteiger partial charge >= 0.3 is 0 Å². The fourth-order valence-electron chi connectivity index (χ4n) is 4.71. The van der Waals surface area contributed by atoms with Crippen molar-refractivity contribution >= 4 is 23.2 Å². The van der Waals surface area contributed by atoms with Gasteiger partial charge in [-0.3, -0.25) is 0 Å². The van der Waals surface area contributed by atoms with E-state index in [4.69, 9.17) is 23.2 Å². The summed E-state index contributed by atoms with van der Waals surface area (Å²) >= 11 is 12.2. The van der Waals surface area contributed by atoms with E-state index in [0.717, 1.165) is 6.42 Å². The molecule has 0 bridgehead atoms. The topological polar surface area (TPSA) is 0 Å². The zero-order chi connectivity index (χ0) is 23.5. The summed E-state index contributed by atoms with van der Waals surface area (Å²) in [4.78, 5) is 0. The largest absolute Gasteiger partial charge is 0.123 e. The maximum Gasteiger partial charge on any atom is 0.0333 e. The van der Waals surface area contributed by atoms with Crippen molar-refractivity contribution in [2.24, 2.45) is 0 Å². The van der Waals surface area contributed by atoms with Crippen LogP contribution in [0.2, 0.25) is 0 Å². The van der Waals surface area contributed by atoms with Crippen molar-refractivity contribution in [3.63, 3.8) is 0 Å². The first kappa shape index (κ1) is 32.6. The third-order valence-electron chi connectivity index (χ3n) is 7.06. The predicted molar refractivity (Wildman–Crippen MR) is 151 cm³/mol. The smallest absolute Gasteiger partial charge is 0.0333 e. The lowest BCUT2D eigenvalue weighted by atomic mass is 10.0. The van der Waals surface area contributed by atoms with E-state index in [1.54, 1.807) is 0 Å². The Morgan fingerprint density at radius 1 is 0.375 bits per heavy atom. The lowest BCUT2D eigenvalue weighted by molar-refractivity contribution is 0.515. The minimum absolute atomic E-state index is 0.366. The standard InChI is InChI=1S/C30H60Cl2/c1-3-30(32)28-26-24-22-20-18-16-14-12-10-8-6-4-5-7-9-11-13-15-17-19-21-23-25-27-29(2)31/h29-30H,3-28H2,1-2H3. The Balaban J connectivity index is 3.02. The summed E-state index contributed by atoms with van der Waals surface area (Å²) in [5, 5.41) is 0.784. The third-order valence-corrected chi connectivity index (χ3v) is 7.81. The van der Waals surface area contributed by atoms with E-state index in [9.17, 15) is 0 Å². The van der Waals surface area contributed by atoms with Crippen LogP contribution in [0.3, 0.4) is 0 Å². The van der Waals surface area contributed by atoms with Gasteiger partial charge in [0, 0.05) is 10.8 Å². The molecular formula is C30H60Cl2. The highest BCUT2D eigenvalue weighted by Crippen LogP contribution is 2.17. The van der Waals surface area contributed by atoms with Crippen LogP contribution in [0, 0.1) is 0 Å². The average Bonchev–Trinajstić information content (AvgIpc) is 2.78. The third kappa shape index (κ3) is 28.6. The van der Waals surface area contributed by atoms with Crippen LogP contribution in [0.5, 0.6) is 0 Å². The maximum atomic E-state index is 6.17. The Hall–Kier alpha value is 0.580. The molecule has 0 aromatic rings. The predicted octanol–water partition coefficient (Wildman–Crippen LogP) is 12.4. The summed E-state index contributed by atoms with van der Waals surface area (Å²) in [6.45, 7) is 4.30. The molecule has 2 unspecified atom stereocenters. The Bertz CT molecular complexity index is 329. The van der Waals surface area contributed by atoms with E-state index in [-0.39, 0.29) is 0 Å². The molecule has 0 saturated heterocycles. The molecule has 2 heteroatoms. The molecule has 0 aliphatic carbocycles. The molecule has 0 radical (unpaired) electrons. The van der Waals surface area contributed by atoms with Gasteiger partial charge in [-0.25, -0.2) is 0 Å². The van der Waals surface area contributed by atoms with Crippen molar-refractivity contribution in [1.29, 1.82) is 0 Å². The van der Waals surface area contributed by atoms with Crippen LogP contribution in [0.15, 0.2) is 0 Å². The van der Waals surface area contributed by atoms with Crippen molar-refractivity contribution in [2.45, 2.75) is 192 Å². The summed E-state index contributed by atoms with van der Waals surface area (Å²) in [6, 6.07) is 0. The normalized spacial score (nSPS) is 13.5. The Morgan fingerprint density at radius 3 is 0.812 bits per heavy atom. The lowest BCUT2D eigenvalue weighted by Crippen LogP contribution is -1.95. The minimum atomic E-state index is 0.366. The zero-order valence-corrected chi connectivity index (χ0v) is 23.8. The Morgan fingerprint density at radius 2 is 0.594 bits per heavy atom. The molecule has 2 atom stereocenters. The highest BCUT2D eigenvalue weighted by Gasteiger charge is 2.00. The fourth-order valence-corrected chi connectivity index (χ4v) is 5.02. The van der Waals surface area contributed by atoms with Crippen molar-refractivity contribution < 1.29 is 0 Å². The van der Waals surface area contributed by atoms with Crippen LogP contribution in [0.25, 0.3) is 0 Å². The quantitative estimate of drug-likeness (QED) is 0.0791. The summed E-state index contributed by atoms with van der Waals surface area (Å²) in [6.07, 6.45) is 36.6. The second kappa shape index (κ2) is 27.8. The zero-order valence-electron chi connectivity index (χ0n) is 22.3. The average molecular weight is 492 g/mol. The summed E-state index contributed by atoms with van der Waals surface area (Å²) in [5.41, 5.74) is 0. The first-order valence-corrected chi connectivity index (χ1v) is 15.8. The number of rotatable bonds is 27. The van der Waals surface area contributed by atoms with Crippen LogP contribution in [0.4, 0.5) is 0 Å². The molecule has 0 aromatic heterocycles. The van der Waals surface area contributed by atoms with Gasteiger partial charge in [0.1, 0.15) is 0 Å². The van der Waals surface area contributed by atoms with Gasteiger partial charge in [0.2, 0.25) is 0 Å². The van der Waals surface area contributed by atoms with E-state index in [1.807, 2.05) is 0 Å². The maximum absolute atomic E-state index is 6.17. The number of alkyl halides is 2. The van der Waals surface area contributed by atoms with E-state index in [1.165, 1.54) is 161 Å². The lowest BCUT2D eigenvalue weighted by Gasteiger charge is -2.06. The Labute approximate surface area is 214 Å². The summed E-state index contributed by atoms with van der Waals surface area (Å²) < 4.78 is 0. The number of halogens is 2. The van der Waals surface area contributed by atoms with Crippen LogP contribution in [-0.2, 0) is 0 Å². The molecule has 0 amide bonds. The van der Waals surface area contributed by atoms with Crippen molar-refractivity contribution in [1.82, 2.24) is 0 Å². The van der Waals surface area contributed by atoms with Crippen molar-refractivity contribution in [2.75, 3.05) is 0 Å². The molecule has 0 aliphatic rings. The summed E-state index contributed by atoms with van der Waals surface area (Å²) in [7, 11) is 0. The SMILES string of the molecule is CCC(Cl)CCCCCCCCCCCCCCCCCCCCCCCCCC(C)Cl. The van der Waals surface area contributed by atoms with Gasteiger partial charge in [-0.05, 0) is 26.2 Å². The molecule has 0 rings (SSSR count). The molecule has 0 N–H and O–H groups in total. The van der Waals surface area contributed by atoms with Crippen LogP contribution in [-0.4, -0.2) is 10.8 Å². The highest BCUT2D eigenvalue weighted by molar-refractivity contribution is 6.20. The van der Waals surface area contributed by atoms with E-state index < -0.39 is 0 Å². The molecule has 0 saturated carbocycles. The van der Waals surface area contributed by atoms with Gasteiger partial charge in [-0.15, -0.1) is 23.2 Å². The molecule has 0 fully saturated rings. The van der Waals surface area contributed by atoms with E-state index in [2.05, 4.69) is 13.8 Å². The van der Waals surface area contributed by atoms with Crippen LogP contribution >= 0.6 is 23.2 Å². The van der Waals surface area contributed by atoms with E-state index >= 15 is 0 Å². The van der Waals surface area contributed by atoms with Gasteiger partial charge in [0.25, 0.3) is 0 Å². The number of hydrogen-bond acceptors (Lipinski definition) is 0. The molecule has 0 aliphatic heterocycles. The molecule has 194 valence electrons. The first-order valence-electron chi connectivity index (χ1n) is 14.9. The first-order chi connectivity index (χ1) is 15.7. The van der Waals surface area contributed by atoms with Crippen LogP contribution in [0.1, 0.15) is 181 Å². The second-order valence-corrected chi connectivity index (χ2v) is 11.9. The molecule has 0 aromatic carbocycles. The molecular weight excluding hydrogens is 431 g/mol. The van der Waals surface area contributed by atoms with Gasteiger partial charge in [0.15, 0.2) is 0 Å². The highest BCUT2D eigenvalue weighted by atomic mass is 35.5. The van der Waals surface area contributed by atoms with Gasteiger partial charge in [-0.2, -0.15) is 0 Å². The monoisotopic (exact) mass is 490 g/mol. The minimum Gasteiger partial charge on any atom is -0.123 e. The molecule has 0 spiro atoms. The number of unbranched alkanes of at least 4 members (excludes halogenated alkanes) is 22. The van der Waals surface area contributed by atoms with Crippen LogP contribution < -0.4 is 0 Å². The van der Waals surface area contributed by atoms with Gasteiger partial charge in [0.05, 0.1) is 0 Å². The van der Waals surface area contributed by atoms with E-state index in [0.29, 0.717) is 10.8 Å². The second-order valence-electron chi connectivity index (χ2n) is 10.5. The van der Waals surface area contributed by atoms with Crippen molar-refractivity contribution in [3.05, 3.63) is 0 Å². The number of hydrogen-bond donors (Lipinski definition) is 0. The summed E-state index contributed by atoms with van der Waals surface area (Å²) in [5.74, 6) is 0. The van der Waals surface area contributed by atoms with Crippen molar-refractivity contribution in [3.8, 4) is 0 Å². The fraction of sp³-hybridized carbons (Fsp3) is 1.00. The molecule has 32 heavy (non-hydrogen) atoms. The Kier molecular flexibility index (Phi) is 28.3. The molecule has 0 nitrogen and oxygen atoms in total. The van der Waals surface area contributed by atoms with Gasteiger partial charge < -0.3 is 0 Å². The van der Waals surface area contributed by atoms with Gasteiger partial charge in [-0.1, -0.05) is 155 Å².